The molecular formula is C21H25NO2. The summed E-state index contributed by atoms with van der Waals surface area (Å²) in [5, 5.41) is 0. The third-order valence-electron chi connectivity index (χ3n) is 4.63. The Hall–Kier alpha value is -2.42. The van der Waals surface area contributed by atoms with Crippen LogP contribution in [0.3, 0.4) is 0 Å². The summed E-state index contributed by atoms with van der Waals surface area (Å²) < 4.78 is 11.0. The van der Waals surface area contributed by atoms with Gasteiger partial charge >= 0.3 is 0 Å². The van der Waals surface area contributed by atoms with Gasteiger partial charge in [-0.25, -0.2) is 0 Å². The molecule has 126 valence electrons. The van der Waals surface area contributed by atoms with Gasteiger partial charge in [0.2, 0.25) is 0 Å². The first-order valence-corrected chi connectivity index (χ1v) is 8.35. The summed E-state index contributed by atoms with van der Waals surface area (Å²) in [4.78, 5) is 2.48. The van der Waals surface area contributed by atoms with E-state index in [1.165, 1.54) is 22.4 Å². The van der Waals surface area contributed by atoms with E-state index in [0.717, 1.165) is 30.9 Å². The van der Waals surface area contributed by atoms with Gasteiger partial charge in [-0.1, -0.05) is 23.8 Å². The number of hydrogen-bond donors (Lipinski definition) is 0. The second-order valence-corrected chi connectivity index (χ2v) is 6.36. The summed E-state index contributed by atoms with van der Waals surface area (Å²) in [5.74, 6) is 1.59. The van der Waals surface area contributed by atoms with E-state index in [-0.39, 0.29) is 6.04 Å². The van der Waals surface area contributed by atoms with E-state index in [2.05, 4.69) is 60.9 Å². The molecule has 2 aromatic rings. The molecule has 0 aliphatic carbocycles. The Labute approximate surface area is 144 Å². The number of para-hydroxylation sites is 1. The molecule has 0 spiro atoms. The zero-order valence-corrected chi connectivity index (χ0v) is 14.7. The van der Waals surface area contributed by atoms with E-state index >= 15 is 0 Å². The first-order valence-electron chi connectivity index (χ1n) is 8.35. The van der Waals surface area contributed by atoms with E-state index < -0.39 is 0 Å². The number of benzene rings is 2. The molecule has 24 heavy (non-hydrogen) atoms. The maximum Gasteiger partial charge on any atom is 0.161 e. The van der Waals surface area contributed by atoms with Gasteiger partial charge in [-0.2, -0.15) is 0 Å². The van der Waals surface area contributed by atoms with Gasteiger partial charge in [-0.05, 0) is 55.2 Å². The van der Waals surface area contributed by atoms with Crippen LogP contribution < -0.4 is 14.4 Å². The van der Waals surface area contributed by atoms with Crippen LogP contribution in [0.1, 0.15) is 30.5 Å². The number of hydrogen-bond acceptors (Lipinski definition) is 3. The van der Waals surface area contributed by atoms with Crippen molar-refractivity contribution in [2.24, 2.45) is 0 Å². The molecule has 0 saturated heterocycles. The zero-order valence-electron chi connectivity index (χ0n) is 14.7. The highest BCUT2D eigenvalue weighted by Crippen LogP contribution is 2.41. The largest absolute Gasteiger partial charge is 0.493 e. The first kappa shape index (κ1) is 16.4. The lowest BCUT2D eigenvalue weighted by molar-refractivity contribution is 0.353. The van der Waals surface area contributed by atoms with Crippen LogP contribution in [0.15, 0.2) is 54.6 Å². The van der Waals surface area contributed by atoms with Crippen molar-refractivity contribution in [1.82, 2.24) is 0 Å². The molecule has 0 amide bonds. The molecule has 0 aromatic heterocycles. The Morgan fingerprint density at radius 3 is 2.42 bits per heavy atom. The summed E-state index contributed by atoms with van der Waals surface area (Å²) in [6.45, 7) is 7.23. The minimum absolute atomic E-state index is 0.272. The van der Waals surface area contributed by atoms with Gasteiger partial charge in [-0.3, -0.25) is 0 Å². The van der Waals surface area contributed by atoms with Crippen LogP contribution in [0.25, 0.3) is 0 Å². The Bertz CT molecular complexity index is 724. The van der Waals surface area contributed by atoms with Crippen molar-refractivity contribution in [3.63, 3.8) is 0 Å². The molecule has 1 aliphatic rings. The fraction of sp³-hybridized carbons (Fsp3) is 0.333. The molecule has 1 unspecified atom stereocenters. The normalized spacial score (nSPS) is 16.5. The van der Waals surface area contributed by atoms with Crippen molar-refractivity contribution in [2.45, 2.75) is 25.8 Å². The molecular weight excluding hydrogens is 298 g/mol. The lowest BCUT2D eigenvalue weighted by Gasteiger charge is -2.39. The molecule has 3 nitrogen and oxygen atoms in total. The lowest BCUT2D eigenvalue weighted by atomic mass is 9.88. The molecule has 0 bridgehead atoms. The summed E-state index contributed by atoms with van der Waals surface area (Å²) in [5.41, 5.74) is 5.09. The second-order valence-electron chi connectivity index (χ2n) is 6.36. The van der Waals surface area contributed by atoms with E-state index in [0.29, 0.717) is 0 Å². The molecule has 2 aromatic carbocycles. The molecule has 0 radical (unpaired) electrons. The molecule has 0 fully saturated rings. The number of anilines is 1. The lowest BCUT2D eigenvalue weighted by Crippen LogP contribution is -2.35. The van der Waals surface area contributed by atoms with Crippen molar-refractivity contribution in [3.8, 4) is 11.5 Å². The van der Waals surface area contributed by atoms with Crippen LogP contribution in [0.4, 0.5) is 5.69 Å². The van der Waals surface area contributed by atoms with Gasteiger partial charge in [0.15, 0.2) is 11.5 Å². The third-order valence-corrected chi connectivity index (χ3v) is 4.63. The van der Waals surface area contributed by atoms with Crippen molar-refractivity contribution in [3.05, 3.63) is 65.7 Å². The van der Waals surface area contributed by atoms with Crippen LogP contribution in [-0.2, 0) is 6.42 Å². The number of methoxy groups -OCH3 is 2. The predicted molar refractivity (Wildman–Crippen MR) is 99.2 cm³/mol. The van der Waals surface area contributed by atoms with Gasteiger partial charge < -0.3 is 14.4 Å². The van der Waals surface area contributed by atoms with Gasteiger partial charge in [-0.15, -0.1) is 6.58 Å². The van der Waals surface area contributed by atoms with Crippen molar-refractivity contribution >= 4 is 5.69 Å². The van der Waals surface area contributed by atoms with Crippen molar-refractivity contribution < 1.29 is 9.47 Å². The Kier molecular flexibility index (Phi) is 4.79. The summed E-state index contributed by atoms with van der Waals surface area (Å²) in [6, 6.07) is 15.1. The van der Waals surface area contributed by atoms with Crippen LogP contribution in [-0.4, -0.2) is 20.8 Å². The Balaban J connectivity index is 2.07. The summed E-state index contributed by atoms with van der Waals surface area (Å²) in [6.07, 6.45) is 1.93. The third kappa shape index (κ3) is 3.12. The van der Waals surface area contributed by atoms with Crippen LogP contribution >= 0.6 is 0 Å². The summed E-state index contributed by atoms with van der Waals surface area (Å²) >= 11 is 0. The number of fused-ring (bicyclic) bond motifs is 1. The fourth-order valence-electron chi connectivity index (χ4n) is 3.51. The predicted octanol–water partition coefficient (Wildman–Crippen LogP) is 4.77. The number of ether oxygens (including phenoxy) is 2. The van der Waals surface area contributed by atoms with E-state index in [1.54, 1.807) is 14.2 Å². The first-order chi connectivity index (χ1) is 11.6. The Morgan fingerprint density at radius 2 is 1.79 bits per heavy atom. The average Bonchev–Trinajstić information content (AvgIpc) is 2.61. The highest BCUT2D eigenvalue weighted by Gasteiger charge is 2.29. The van der Waals surface area contributed by atoms with E-state index in [4.69, 9.17) is 9.47 Å². The Morgan fingerprint density at radius 1 is 1.12 bits per heavy atom. The fourth-order valence-corrected chi connectivity index (χ4v) is 3.51. The molecule has 3 rings (SSSR count). The van der Waals surface area contributed by atoms with Crippen molar-refractivity contribution in [2.75, 3.05) is 25.7 Å². The highest BCUT2D eigenvalue weighted by molar-refractivity contribution is 5.56. The van der Waals surface area contributed by atoms with Gasteiger partial charge in [0, 0.05) is 12.2 Å². The molecule has 0 saturated carbocycles. The van der Waals surface area contributed by atoms with Crippen LogP contribution in [0.2, 0.25) is 0 Å². The molecule has 1 heterocycles. The second kappa shape index (κ2) is 7.00. The quantitative estimate of drug-likeness (QED) is 0.740. The van der Waals surface area contributed by atoms with Crippen LogP contribution in [0, 0.1) is 0 Å². The smallest absolute Gasteiger partial charge is 0.161 e. The summed E-state index contributed by atoms with van der Waals surface area (Å²) in [7, 11) is 3.38. The monoisotopic (exact) mass is 323 g/mol. The molecule has 0 N–H and O–H groups in total. The van der Waals surface area contributed by atoms with Gasteiger partial charge in [0.1, 0.15) is 0 Å². The molecule has 1 atom stereocenters. The standard InChI is InChI=1S/C21H25NO2/c1-15(2)12-19-18-14-21(24-4)20(23-3)13-16(18)10-11-22(19)17-8-6-5-7-9-17/h5-9,13-14,19H,1,10-12H2,2-4H3. The minimum Gasteiger partial charge on any atom is -0.493 e. The van der Waals surface area contributed by atoms with Crippen molar-refractivity contribution in [1.29, 1.82) is 0 Å². The van der Waals surface area contributed by atoms with E-state index in [1.807, 2.05) is 0 Å². The van der Waals surface area contributed by atoms with E-state index in [9.17, 15) is 0 Å². The van der Waals surface area contributed by atoms with Gasteiger partial charge in [0.25, 0.3) is 0 Å². The topological polar surface area (TPSA) is 21.7 Å². The minimum atomic E-state index is 0.272. The molecule has 1 aliphatic heterocycles. The zero-order chi connectivity index (χ0) is 17.1. The van der Waals surface area contributed by atoms with Crippen LogP contribution in [0.5, 0.6) is 11.5 Å². The SMILES string of the molecule is C=C(C)CC1c2cc(OC)c(OC)cc2CCN1c1ccccc1. The molecule has 3 heteroatoms. The number of rotatable bonds is 5. The maximum atomic E-state index is 5.53. The van der Waals surface area contributed by atoms with Gasteiger partial charge in [0.05, 0.1) is 20.3 Å². The maximum absolute atomic E-state index is 5.53. The number of nitrogens with zero attached hydrogens (tertiary/aromatic N) is 1. The highest BCUT2D eigenvalue weighted by atomic mass is 16.5. The average molecular weight is 323 g/mol.